The number of ether oxygens (including phenoxy) is 1. The molecule has 1 aromatic rings. The van der Waals surface area contributed by atoms with E-state index in [1.54, 1.807) is 7.11 Å². The van der Waals surface area contributed by atoms with Crippen LogP contribution in [0.3, 0.4) is 0 Å². The van der Waals surface area contributed by atoms with E-state index in [0.717, 1.165) is 24.4 Å². The van der Waals surface area contributed by atoms with E-state index in [9.17, 15) is 0 Å². The number of hydrogen-bond acceptors (Lipinski definition) is 3. The second-order valence-corrected chi connectivity index (χ2v) is 3.29. The van der Waals surface area contributed by atoms with Gasteiger partial charge in [0.25, 0.3) is 0 Å². The Morgan fingerprint density at radius 1 is 1.62 bits per heavy atom. The number of aryl methyl sites for hydroxylation is 1. The highest BCUT2D eigenvalue weighted by atomic mass is 32.1. The minimum atomic E-state index is 0.487. The van der Waals surface area contributed by atoms with Gasteiger partial charge in [-0.2, -0.15) is 0 Å². The van der Waals surface area contributed by atoms with Crippen LogP contribution in [0.5, 0.6) is 0 Å². The maximum absolute atomic E-state index is 5.03. The lowest BCUT2D eigenvalue weighted by molar-refractivity contribution is 0.177. The normalized spacial score (nSPS) is 10.3. The van der Waals surface area contributed by atoms with Gasteiger partial charge >= 0.3 is 0 Å². The van der Waals surface area contributed by atoms with E-state index >= 15 is 0 Å². The molecule has 0 aliphatic carbocycles. The smallest absolute Gasteiger partial charge is 0.133 e. The third kappa shape index (κ3) is 3.24. The minimum Gasteiger partial charge on any atom is -0.377 e. The van der Waals surface area contributed by atoms with Crippen molar-refractivity contribution in [1.29, 1.82) is 0 Å². The van der Waals surface area contributed by atoms with Crippen molar-refractivity contribution in [3.63, 3.8) is 0 Å². The van der Waals surface area contributed by atoms with Crippen LogP contribution in [0.4, 0.5) is 0 Å². The largest absolute Gasteiger partial charge is 0.377 e. The summed E-state index contributed by atoms with van der Waals surface area (Å²) >= 11 is 5.03. The van der Waals surface area contributed by atoms with Crippen molar-refractivity contribution in [3.8, 4) is 0 Å². The van der Waals surface area contributed by atoms with E-state index in [-0.39, 0.29) is 0 Å². The fourth-order valence-corrected chi connectivity index (χ4v) is 1.43. The molecule has 0 saturated carbocycles. The zero-order valence-corrected chi connectivity index (χ0v) is 8.78. The number of nitrogens with one attached hydrogen (secondary N) is 1. The summed E-state index contributed by atoms with van der Waals surface area (Å²) in [7, 11) is 1.64. The summed E-state index contributed by atoms with van der Waals surface area (Å²) in [4.78, 5) is 7.32. The number of aromatic amines is 1. The fourth-order valence-electron chi connectivity index (χ4n) is 1.17. The molecule has 0 bridgehead atoms. The molecule has 1 rings (SSSR count). The number of hydrogen-bond donors (Lipinski definition) is 1. The molecule has 72 valence electrons. The Morgan fingerprint density at radius 3 is 3.00 bits per heavy atom. The molecule has 0 radical (unpaired) electrons. The molecule has 3 nitrogen and oxygen atoms in total. The Bertz CT molecular complexity index is 294. The molecule has 0 fully saturated rings. The first kappa shape index (κ1) is 10.3. The summed E-state index contributed by atoms with van der Waals surface area (Å²) in [5.41, 5.74) is 1.13. The highest BCUT2D eigenvalue weighted by Crippen LogP contribution is 2.01. The molecule has 1 heterocycles. The molecule has 0 unspecified atom stereocenters. The zero-order valence-electron chi connectivity index (χ0n) is 7.96. The highest BCUT2D eigenvalue weighted by Gasteiger charge is 1.97. The summed E-state index contributed by atoms with van der Waals surface area (Å²) < 4.78 is 5.61. The Hall–Kier alpha value is -0.740. The van der Waals surface area contributed by atoms with Gasteiger partial charge in [0.05, 0.1) is 0 Å². The minimum absolute atomic E-state index is 0.487. The van der Waals surface area contributed by atoms with E-state index in [1.165, 1.54) is 0 Å². The molecule has 0 aromatic carbocycles. The van der Waals surface area contributed by atoms with Crippen molar-refractivity contribution in [2.75, 3.05) is 7.11 Å². The van der Waals surface area contributed by atoms with Crippen molar-refractivity contribution in [3.05, 3.63) is 22.2 Å². The molecule has 0 amide bonds. The number of aromatic nitrogens is 2. The number of nitrogens with zero attached hydrogens (tertiary/aromatic N) is 1. The molecule has 1 aromatic heterocycles. The van der Waals surface area contributed by atoms with Crippen LogP contribution >= 0.6 is 12.2 Å². The first-order valence-corrected chi connectivity index (χ1v) is 4.75. The Morgan fingerprint density at radius 2 is 2.38 bits per heavy atom. The predicted molar refractivity (Wildman–Crippen MR) is 54.1 cm³/mol. The Kier molecular flexibility index (Phi) is 4.05. The molecule has 1 N–H and O–H groups in total. The van der Waals surface area contributed by atoms with Crippen molar-refractivity contribution in [2.24, 2.45) is 0 Å². The van der Waals surface area contributed by atoms with Crippen LogP contribution in [0.15, 0.2) is 6.07 Å². The van der Waals surface area contributed by atoms with Crippen LogP contribution < -0.4 is 0 Å². The molecule has 0 aliphatic heterocycles. The summed E-state index contributed by atoms with van der Waals surface area (Å²) in [6.07, 6.45) is 2.10. The average Bonchev–Trinajstić information content (AvgIpc) is 2.04. The first-order chi connectivity index (χ1) is 6.26. The lowest BCUT2D eigenvalue weighted by Crippen LogP contribution is -2.00. The monoisotopic (exact) mass is 198 g/mol. The van der Waals surface area contributed by atoms with Crippen LogP contribution in [0.1, 0.15) is 24.9 Å². The standard InChI is InChI=1S/C9H14N2OS/c1-3-4-7-5-9(13)11-8(10-7)6-12-2/h5H,3-4,6H2,1-2H3,(H,10,11,13). The van der Waals surface area contributed by atoms with Crippen molar-refractivity contribution < 1.29 is 4.74 Å². The number of H-pyrrole nitrogens is 1. The van der Waals surface area contributed by atoms with Gasteiger partial charge in [0.1, 0.15) is 17.1 Å². The van der Waals surface area contributed by atoms with E-state index in [1.807, 2.05) is 6.07 Å². The molecular weight excluding hydrogens is 184 g/mol. The average molecular weight is 198 g/mol. The summed E-state index contributed by atoms with van der Waals surface area (Å²) in [5, 5.41) is 0. The molecule has 0 atom stereocenters. The van der Waals surface area contributed by atoms with Crippen LogP contribution in [0, 0.1) is 4.64 Å². The fraction of sp³-hybridized carbons (Fsp3) is 0.556. The molecule has 13 heavy (non-hydrogen) atoms. The van der Waals surface area contributed by atoms with Crippen LogP contribution in [0.2, 0.25) is 0 Å². The lowest BCUT2D eigenvalue weighted by Gasteiger charge is -2.03. The van der Waals surface area contributed by atoms with Gasteiger partial charge in [-0.1, -0.05) is 25.6 Å². The Balaban J connectivity index is 2.90. The van der Waals surface area contributed by atoms with E-state index in [2.05, 4.69) is 16.9 Å². The van der Waals surface area contributed by atoms with Crippen LogP contribution in [0.25, 0.3) is 0 Å². The quantitative estimate of drug-likeness (QED) is 0.754. The van der Waals surface area contributed by atoms with Crippen molar-refractivity contribution >= 4 is 12.2 Å². The summed E-state index contributed by atoms with van der Waals surface area (Å²) in [5.74, 6) is 0.804. The van der Waals surface area contributed by atoms with Gasteiger partial charge in [-0.05, 0) is 12.5 Å². The van der Waals surface area contributed by atoms with Gasteiger partial charge in [0.2, 0.25) is 0 Å². The van der Waals surface area contributed by atoms with Gasteiger partial charge in [0.15, 0.2) is 0 Å². The summed E-state index contributed by atoms with van der Waals surface area (Å²) in [6, 6.07) is 1.90. The third-order valence-corrected chi connectivity index (χ3v) is 1.86. The summed E-state index contributed by atoms with van der Waals surface area (Å²) in [6.45, 7) is 2.62. The van der Waals surface area contributed by atoms with E-state index < -0.39 is 0 Å². The second-order valence-electron chi connectivity index (χ2n) is 2.87. The zero-order chi connectivity index (χ0) is 9.68. The highest BCUT2D eigenvalue weighted by molar-refractivity contribution is 7.71. The molecular formula is C9H14N2OS. The third-order valence-electron chi connectivity index (χ3n) is 1.65. The van der Waals surface area contributed by atoms with E-state index in [0.29, 0.717) is 11.2 Å². The van der Waals surface area contributed by atoms with E-state index in [4.69, 9.17) is 17.0 Å². The number of rotatable bonds is 4. The molecule has 4 heteroatoms. The van der Waals surface area contributed by atoms with Gasteiger partial charge in [-0.15, -0.1) is 0 Å². The first-order valence-electron chi connectivity index (χ1n) is 4.34. The van der Waals surface area contributed by atoms with Crippen LogP contribution in [-0.2, 0) is 17.8 Å². The van der Waals surface area contributed by atoms with Gasteiger partial charge in [-0.25, -0.2) is 4.98 Å². The predicted octanol–water partition coefficient (Wildman–Crippen LogP) is 2.24. The van der Waals surface area contributed by atoms with Gasteiger partial charge in [0, 0.05) is 12.8 Å². The maximum Gasteiger partial charge on any atom is 0.133 e. The van der Waals surface area contributed by atoms with Gasteiger partial charge in [-0.3, -0.25) is 0 Å². The lowest BCUT2D eigenvalue weighted by atomic mass is 10.2. The van der Waals surface area contributed by atoms with Crippen molar-refractivity contribution in [2.45, 2.75) is 26.4 Å². The SMILES string of the molecule is CCCc1cc(=S)nc(COC)[nH]1. The molecule has 0 saturated heterocycles. The second kappa shape index (κ2) is 5.09. The Labute approximate surface area is 83.2 Å². The molecule has 0 spiro atoms. The van der Waals surface area contributed by atoms with Crippen molar-refractivity contribution in [1.82, 2.24) is 9.97 Å². The van der Waals surface area contributed by atoms with Crippen LogP contribution in [-0.4, -0.2) is 17.1 Å². The molecule has 0 aliphatic rings. The van der Waals surface area contributed by atoms with Gasteiger partial charge < -0.3 is 9.72 Å². The number of methoxy groups -OCH3 is 1. The maximum atomic E-state index is 5.03. The topological polar surface area (TPSA) is 37.9 Å².